The first-order valence-corrected chi connectivity index (χ1v) is 6.54. The number of nitrogens with zero attached hydrogens (tertiary/aromatic N) is 1. The lowest BCUT2D eigenvalue weighted by atomic mass is 10.1. The fourth-order valence-electron chi connectivity index (χ4n) is 2.46. The smallest absolute Gasteiger partial charge is 0.119 e. The Hall–Kier alpha value is -1.10. The Morgan fingerprint density at radius 2 is 2.28 bits per heavy atom. The molecule has 1 saturated heterocycles. The van der Waals surface area contributed by atoms with Crippen LogP contribution in [0.15, 0.2) is 24.3 Å². The summed E-state index contributed by atoms with van der Waals surface area (Å²) in [6, 6.07) is 8.05. The Morgan fingerprint density at radius 3 is 3.06 bits per heavy atom. The van der Waals surface area contributed by atoms with E-state index in [1.165, 1.54) is 0 Å². The number of ether oxygens (including phenoxy) is 1. The maximum Gasteiger partial charge on any atom is 0.119 e. The van der Waals surface area contributed by atoms with Gasteiger partial charge in [0.2, 0.25) is 0 Å². The van der Waals surface area contributed by atoms with Crippen LogP contribution in [0.1, 0.15) is 18.0 Å². The summed E-state index contributed by atoms with van der Waals surface area (Å²) in [6.45, 7) is 4.19. The molecule has 18 heavy (non-hydrogen) atoms. The molecule has 4 nitrogen and oxygen atoms in total. The zero-order chi connectivity index (χ0) is 12.8. The van der Waals surface area contributed by atoms with E-state index in [0.717, 1.165) is 43.9 Å². The highest BCUT2D eigenvalue weighted by Gasteiger charge is 2.20. The van der Waals surface area contributed by atoms with Gasteiger partial charge in [0.05, 0.1) is 19.8 Å². The largest absolute Gasteiger partial charge is 0.497 e. The average molecular weight is 250 g/mol. The molecule has 0 amide bonds. The van der Waals surface area contributed by atoms with Crippen molar-refractivity contribution < 1.29 is 9.84 Å². The van der Waals surface area contributed by atoms with E-state index in [1.54, 1.807) is 7.11 Å². The molecule has 1 atom stereocenters. The molecule has 1 aliphatic heterocycles. The predicted molar refractivity (Wildman–Crippen MR) is 71.9 cm³/mol. The van der Waals surface area contributed by atoms with Gasteiger partial charge in [0.25, 0.3) is 0 Å². The van der Waals surface area contributed by atoms with Gasteiger partial charge in [0.1, 0.15) is 5.75 Å². The Kier molecular flexibility index (Phi) is 4.99. The molecule has 1 aromatic rings. The monoisotopic (exact) mass is 250 g/mol. The number of nitrogens with one attached hydrogen (secondary N) is 1. The molecule has 4 heteroatoms. The number of hydrogen-bond acceptors (Lipinski definition) is 4. The summed E-state index contributed by atoms with van der Waals surface area (Å²) < 4.78 is 5.25. The number of hydrogen-bond donors (Lipinski definition) is 2. The van der Waals surface area contributed by atoms with Gasteiger partial charge < -0.3 is 15.2 Å². The quantitative estimate of drug-likeness (QED) is 0.837. The van der Waals surface area contributed by atoms with Gasteiger partial charge in [-0.05, 0) is 30.7 Å². The molecule has 1 aromatic carbocycles. The summed E-state index contributed by atoms with van der Waals surface area (Å²) in [4.78, 5) is 2.34. The third kappa shape index (κ3) is 3.22. The summed E-state index contributed by atoms with van der Waals surface area (Å²) in [6.07, 6.45) is 1.13. The molecule has 1 fully saturated rings. The zero-order valence-electron chi connectivity index (χ0n) is 10.9. The van der Waals surface area contributed by atoms with Crippen molar-refractivity contribution >= 4 is 0 Å². The molecule has 1 heterocycles. The third-order valence-electron chi connectivity index (χ3n) is 3.47. The van der Waals surface area contributed by atoms with Crippen molar-refractivity contribution in [2.24, 2.45) is 0 Å². The van der Waals surface area contributed by atoms with E-state index in [9.17, 15) is 5.11 Å². The third-order valence-corrected chi connectivity index (χ3v) is 3.47. The van der Waals surface area contributed by atoms with Crippen LogP contribution in [0.25, 0.3) is 0 Å². The molecule has 0 aliphatic carbocycles. The van der Waals surface area contributed by atoms with Crippen molar-refractivity contribution in [3.8, 4) is 5.75 Å². The molecule has 0 spiro atoms. The Bertz CT molecular complexity index is 363. The first-order chi connectivity index (χ1) is 8.85. The van der Waals surface area contributed by atoms with Crippen molar-refractivity contribution in [1.82, 2.24) is 10.2 Å². The van der Waals surface area contributed by atoms with Crippen molar-refractivity contribution in [3.05, 3.63) is 29.8 Å². The van der Waals surface area contributed by atoms with Crippen LogP contribution in [0, 0.1) is 0 Å². The lowest BCUT2D eigenvalue weighted by molar-refractivity contribution is 0.129. The van der Waals surface area contributed by atoms with Gasteiger partial charge in [0.15, 0.2) is 0 Å². The minimum absolute atomic E-state index is 0.0694. The molecule has 1 aliphatic rings. The first kappa shape index (κ1) is 13.3. The molecular weight excluding hydrogens is 228 g/mol. The second kappa shape index (κ2) is 6.73. The highest BCUT2D eigenvalue weighted by Crippen LogP contribution is 2.24. The summed E-state index contributed by atoms with van der Waals surface area (Å²) in [5, 5.41) is 13.1. The average Bonchev–Trinajstić information content (AvgIpc) is 2.69. The van der Waals surface area contributed by atoms with Crippen LogP contribution < -0.4 is 10.1 Å². The van der Waals surface area contributed by atoms with E-state index < -0.39 is 0 Å². The highest BCUT2D eigenvalue weighted by molar-refractivity contribution is 5.30. The number of benzene rings is 1. The Labute approximate surface area is 109 Å². The van der Waals surface area contributed by atoms with E-state index in [1.807, 2.05) is 18.2 Å². The molecule has 0 saturated carbocycles. The van der Waals surface area contributed by atoms with E-state index in [4.69, 9.17) is 4.74 Å². The minimum Gasteiger partial charge on any atom is -0.497 e. The standard InChI is InChI=1S/C14H22N2O2/c1-18-13-5-2-4-12(10-13)14(11-17)16-8-3-6-15-7-9-16/h2,4-5,10,14-15,17H,3,6-9,11H2,1H3. The molecule has 0 bridgehead atoms. The molecule has 2 N–H and O–H groups in total. The second-order valence-electron chi connectivity index (χ2n) is 4.61. The van der Waals surface area contributed by atoms with Gasteiger partial charge in [-0.1, -0.05) is 12.1 Å². The normalized spacial score (nSPS) is 19.2. The molecule has 2 rings (SSSR count). The lowest BCUT2D eigenvalue weighted by Gasteiger charge is -2.29. The summed E-state index contributed by atoms with van der Waals surface area (Å²) >= 11 is 0. The van der Waals surface area contributed by atoms with Crippen molar-refractivity contribution in [1.29, 1.82) is 0 Å². The fraction of sp³-hybridized carbons (Fsp3) is 0.571. The summed E-state index contributed by atoms with van der Waals surface area (Å²) in [7, 11) is 1.67. The SMILES string of the molecule is COc1cccc(C(CO)N2CCCNCC2)c1. The van der Waals surface area contributed by atoms with E-state index in [-0.39, 0.29) is 12.6 Å². The molecule has 100 valence electrons. The van der Waals surface area contributed by atoms with Crippen LogP contribution in [0.2, 0.25) is 0 Å². The zero-order valence-corrected chi connectivity index (χ0v) is 10.9. The van der Waals surface area contributed by atoms with Crippen molar-refractivity contribution in [2.75, 3.05) is 39.9 Å². The summed E-state index contributed by atoms with van der Waals surface area (Å²) in [5.41, 5.74) is 1.12. The van der Waals surface area contributed by atoms with E-state index in [0.29, 0.717) is 0 Å². The topological polar surface area (TPSA) is 44.7 Å². The number of methoxy groups -OCH3 is 1. The molecule has 0 aromatic heterocycles. The minimum atomic E-state index is 0.0694. The van der Waals surface area contributed by atoms with E-state index in [2.05, 4.69) is 16.3 Å². The Morgan fingerprint density at radius 1 is 1.39 bits per heavy atom. The van der Waals surface area contributed by atoms with Gasteiger partial charge in [-0.25, -0.2) is 0 Å². The van der Waals surface area contributed by atoms with E-state index >= 15 is 0 Å². The first-order valence-electron chi connectivity index (χ1n) is 6.54. The predicted octanol–water partition coefficient (Wildman–Crippen LogP) is 1.02. The maximum absolute atomic E-state index is 9.68. The second-order valence-corrected chi connectivity index (χ2v) is 4.61. The molecule has 0 radical (unpaired) electrons. The van der Waals surface area contributed by atoms with Crippen molar-refractivity contribution in [3.63, 3.8) is 0 Å². The molecular formula is C14H22N2O2. The van der Waals surface area contributed by atoms with Crippen LogP contribution in [0.4, 0.5) is 0 Å². The highest BCUT2D eigenvalue weighted by atomic mass is 16.5. The van der Waals surface area contributed by atoms with Crippen LogP contribution >= 0.6 is 0 Å². The van der Waals surface area contributed by atoms with Gasteiger partial charge in [-0.3, -0.25) is 4.90 Å². The van der Waals surface area contributed by atoms with Gasteiger partial charge in [-0.2, -0.15) is 0 Å². The summed E-state index contributed by atoms with van der Waals surface area (Å²) in [5.74, 6) is 0.846. The Balaban J connectivity index is 2.15. The van der Waals surface area contributed by atoms with Crippen LogP contribution in [0.5, 0.6) is 5.75 Å². The van der Waals surface area contributed by atoms with Gasteiger partial charge >= 0.3 is 0 Å². The van der Waals surface area contributed by atoms with Crippen LogP contribution in [0.3, 0.4) is 0 Å². The maximum atomic E-state index is 9.68. The lowest BCUT2D eigenvalue weighted by Crippen LogP contribution is -2.34. The van der Waals surface area contributed by atoms with Gasteiger partial charge in [0, 0.05) is 19.6 Å². The van der Waals surface area contributed by atoms with Crippen LogP contribution in [-0.2, 0) is 0 Å². The number of rotatable bonds is 4. The number of aliphatic hydroxyl groups excluding tert-OH is 1. The molecule has 1 unspecified atom stereocenters. The number of aliphatic hydroxyl groups is 1. The van der Waals surface area contributed by atoms with Gasteiger partial charge in [-0.15, -0.1) is 0 Å². The van der Waals surface area contributed by atoms with Crippen LogP contribution in [-0.4, -0.2) is 49.9 Å². The fourth-order valence-corrected chi connectivity index (χ4v) is 2.46. The van der Waals surface area contributed by atoms with Crippen molar-refractivity contribution in [2.45, 2.75) is 12.5 Å².